The molecule has 1 unspecified atom stereocenters. The van der Waals surface area contributed by atoms with Crippen molar-refractivity contribution < 1.29 is 9.59 Å². The molecule has 0 bridgehead atoms. The topological polar surface area (TPSA) is 84.2 Å². The van der Waals surface area contributed by atoms with Crippen molar-refractivity contribution in [1.29, 1.82) is 0 Å². The van der Waals surface area contributed by atoms with Crippen LogP contribution in [0, 0.1) is 6.92 Å². The number of anilines is 1. The Balaban J connectivity index is 1.48. The number of piperazine rings is 1. The molecule has 4 rings (SSSR count). The summed E-state index contributed by atoms with van der Waals surface area (Å²) in [5.74, 6) is 0.175. The van der Waals surface area contributed by atoms with Crippen LogP contribution < -0.4 is 4.90 Å². The van der Waals surface area contributed by atoms with E-state index in [2.05, 4.69) is 15.5 Å². The molecule has 2 aliphatic rings. The molecule has 2 aliphatic heterocycles. The van der Waals surface area contributed by atoms with Gasteiger partial charge in [-0.15, -0.1) is 5.10 Å². The van der Waals surface area contributed by atoms with E-state index in [4.69, 9.17) is 0 Å². The van der Waals surface area contributed by atoms with Gasteiger partial charge in [0, 0.05) is 25.3 Å². The number of hydrogen-bond acceptors (Lipinski definition) is 5. The van der Waals surface area contributed by atoms with Crippen LogP contribution in [0.1, 0.15) is 36.6 Å². The Bertz CT molecular complexity index is 815. The van der Waals surface area contributed by atoms with Gasteiger partial charge in [-0.1, -0.05) is 24.1 Å². The summed E-state index contributed by atoms with van der Waals surface area (Å²) in [4.78, 5) is 29.1. The molecule has 1 fully saturated rings. The van der Waals surface area contributed by atoms with Crippen LogP contribution in [0.3, 0.4) is 0 Å². The summed E-state index contributed by atoms with van der Waals surface area (Å²) in [6, 6.07) is 7.88. The molecule has 0 spiro atoms. The van der Waals surface area contributed by atoms with Gasteiger partial charge in [0.05, 0.1) is 5.92 Å². The van der Waals surface area contributed by atoms with Crippen molar-refractivity contribution >= 4 is 17.5 Å². The number of tetrazole rings is 1. The van der Waals surface area contributed by atoms with Crippen LogP contribution in [-0.2, 0) is 16.1 Å². The Morgan fingerprint density at radius 2 is 1.92 bits per heavy atom. The molecule has 26 heavy (non-hydrogen) atoms. The zero-order valence-corrected chi connectivity index (χ0v) is 14.8. The minimum absolute atomic E-state index is 0.0418. The van der Waals surface area contributed by atoms with E-state index in [1.807, 2.05) is 31.2 Å². The standard InChI is InChI=1S/C18H22N6O2/c1-13-5-7-14(8-6-13)23-11-10-22(12-16(23)25)18(26)15-4-2-3-9-24-17(15)19-20-21-24/h5-8,15H,2-4,9-12H2,1H3. The minimum Gasteiger partial charge on any atom is -0.331 e. The third kappa shape index (κ3) is 3.07. The Hall–Kier alpha value is -2.77. The quantitative estimate of drug-likeness (QED) is 0.807. The number of aromatic nitrogens is 4. The summed E-state index contributed by atoms with van der Waals surface area (Å²) < 4.78 is 1.72. The van der Waals surface area contributed by atoms with Gasteiger partial charge in [0.1, 0.15) is 6.54 Å². The average Bonchev–Trinajstić information content (AvgIpc) is 3.01. The van der Waals surface area contributed by atoms with E-state index >= 15 is 0 Å². The SMILES string of the molecule is Cc1ccc(N2CCN(C(=O)C3CCCCn4nnnc43)CC2=O)cc1. The number of carbonyl (C=O) groups excluding carboxylic acids is 2. The van der Waals surface area contributed by atoms with E-state index in [1.54, 1.807) is 14.5 Å². The summed E-state index contributed by atoms with van der Waals surface area (Å²) in [6.45, 7) is 3.89. The second kappa shape index (κ2) is 6.86. The third-order valence-corrected chi connectivity index (χ3v) is 5.16. The van der Waals surface area contributed by atoms with Gasteiger partial charge in [0.2, 0.25) is 11.8 Å². The minimum atomic E-state index is -0.355. The van der Waals surface area contributed by atoms with Crippen molar-refractivity contribution in [2.75, 3.05) is 24.5 Å². The van der Waals surface area contributed by atoms with Crippen molar-refractivity contribution in [3.8, 4) is 0 Å². The van der Waals surface area contributed by atoms with Crippen LogP contribution in [0.15, 0.2) is 24.3 Å². The monoisotopic (exact) mass is 354 g/mol. The van der Waals surface area contributed by atoms with Crippen molar-refractivity contribution in [3.05, 3.63) is 35.7 Å². The number of nitrogens with zero attached hydrogens (tertiary/aromatic N) is 6. The highest BCUT2D eigenvalue weighted by Gasteiger charge is 2.35. The zero-order valence-electron chi connectivity index (χ0n) is 14.8. The Morgan fingerprint density at radius 1 is 1.12 bits per heavy atom. The lowest BCUT2D eigenvalue weighted by Crippen LogP contribution is -2.53. The van der Waals surface area contributed by atoms with Crippen LogP contribution in [-0.4, -0.2) is 56.6 Å². The fraction of sp³-hybridized carbons (Fsp3) is 0.500. The summed E-state index contributed by atoms with van der Waals surface area (Å²) in [5, 5.41) is 11.8. The van der Waals surface area contributed by atoms with E-state index in [0.29, 0.717) is 18.9 Å². The molecule has 3 heterocycles. The van der Waals surface area contributed by atoms with Crippen LogP contribution in [0.25, 0.3) is 0 Å². The highest BCUT2D eigenvalue weighted by molar-refractivity contribution is 5.98. The smallest absolute Gasteiger partial charge is 0.246 e. The lowest BCUT2D eigenvalue weighted by Gasteiger charge is -2.35. The molecule has 0 radical (unpaired) electrons. The molecule has 0 N–H and O–H groups in total. The first kappa shape index (κ1) is 16.7. The average molecular weight is 354 g/mol. The molecule has 1 atom stereocenters. The van der Waals surface area contributed by atoms with Crippen molar-refractivity contribution in [2.24, 2.45) is 0 Å². The molecule has 8 heteroatoms. The maximum Gasteiger partial charge on any atom is 0.246 e. The van der Waals surface area contributed by atoms with Gasteiger partial charge in [-0.3, -0.25) is 9.59 Å². The van der Waals surface area contributed by atoms with Crippen molar-refractivity contribution in [3.63, 3.8) is 0 Å². The molecule has 1 aromatic heterocycles. The maximum absolute atomic E-state index is 13.0. The molecular formula is C18H22N6O2. The molecule has 2 aromatic rings. The van der Waals surface area contributed by atoms with E-state index in [9.17, 15) is 9.59 Å². The van der Waals surface area contributed by atoms with Crippen LogP contribution in [0.4, 0.5) is 5.69 Å². The number of amides is 2. The number of fused-ring (bicyclic) bond motifs is 1. The third-order valence-electron chi connectivity index (χ3n) is 5.16. The summed E-state index contributed by atoms with van der Waals surface area (Å²) in [6.07, 6.45) is 2.63. The first-order valence-corrected chi connectivity index (χ1v) is 9.05. The fourth-order valence-corrected chi connectivity index (χ4v) is 3.67. The van der Waals surface area contributed by atoms with Gasteiger partial charge in [-0.05, 0) is 42.3 Å². The van der Waals surface area contributed by atoms with Gasteiger partial charge in [-0.25, -0.2) is 4.68 Å². The first-order valence-electron chi connectivity index (χ1n) is 9.05. The Labute approximate surface area is 151 Å². The second-order valence-electron chi connectivity index (χ2n) is 6.95. The zero-order chi connectivity index (χ0) is 18.1. The molecule has 8 nitrogen and oxygen atoms in total. The Morgan fingerprint density at radius 3 is 2.69 bits per heavy atom. The molecule has 0 saturated carbocycles. The molecular weight excluding hydrogens is 332 g/mol. The summed E-state index contributed by atoms with van der Waals surface area (Å²) in [5.41, 5.74) is 2.03. The molecule has 136 valence electrons. The summed E-state index contributed by atoms with van der Waals surface area (Å²) in [7, 11) is 0. The predicted molar refractivity (Wildman–Crippen MR) is 94.5 cm³/mol. The lowest BCUT2D eigenvalue weighted by molar-refractivity contribution is -0.138. The fourth-order valence-electron chi connectivity index (χ4n) is 3.67. The maximum atomic E-state index is 13.0. The van der Waals surface area contributed by atoms with Crippen LogP contribution >= 0.6 is 0 Å². The van der Waals surface area contributed by atoms with Gasteiger partial charge in [0.25, 0.3) is 0 Å². The molecule has 0 aliphatic carbocycles. The number of carbonyl (C=O) groups is 2. The second-order valence-corrected chi connectivity index (χ2v) is 6.95. The van der Waals surface area contributed by atoms with Gasteiger partial charge in [0.15, 0.2) is 5.82 Å². The van der Waals surface area contributed by atoms with Crippen LogP contribution in [0.2, 0.25) is 0 Å². The Kier molecular flexibility index (Phi) is 4.40. The largest absolute Gasteiger partial charge is 0.331 e. The number of rotatable bonds is 2. The van der Waals surface area contributed by atoms with Crippen molar-refractivity contribution in [1.82, 2.24) is 25.1 Å². The highest BCUT2D eigenvalue weighted by Crippen LogP contribution is 2.27. The first-order chi connectivity index (χ1) is 12.6. The molecule has 2 amide bonds. The normalized spacial score (nSPS) is 20.7. The van der Waals surface area contributed by atoms with E-state index in [0.717, 1.165) is 37.1 Å². The van der Waals surface area contributed by atoms with Gasteiger partial charge < -0.3 is 9.80 Å². The molecule has 1 saturated heterocycles. The van der Waals surface area contributed by atoms with E-state index < -0.39 is 0 Å². The van der Waals surface area contributed by atoms with E-state index in [-0.39, 0.29) is 24.3 Å². The van der Waals surface area contributed by atoms with Gasteiger partial charge in [-0.2, -0.15) is 0 Å². The van der Waals surface area contributed by atoms with E-state index in [1.165, 1.54) is 0 Å². The number of hydrogen-bond donors (Lipinski definition) is 0. The highest BCUT2D eigenvalue weighted by atomic mass is 16.2. The number of aryl methyl sites for hydroxylation is 2. The van der Waals surface area contributed by atoms with Gasteiger partial charge >= 0.3 is 0 Å². The van der Waals surface area contributed by atoms with Crippen molar-refractivity contribution in [2.45, 2.75) is 38.6 Å². The lowest BCUT2D eigenvalue weighted by atomic mass is 10.00. The van der Waals surface area contributed by atoms with Crippen LogP contribution in [0.5, 0.6) is 0 Å². The summed E-state index contributed by atoms with van der Waals surface area (Å²) >= 11 is 0. The predicted octanol–water partition coefficient (Wildman–Crippen LogP) is 1.12. The molecule has 1 aromatic carbocycles. The number of benzene rings is 1.